The second kappa shape index (κ2) is 15.1. The van der Waals surface area contributed by atoms with Gasteiger partial charge >= 0.3 is 5.97 Å². The fourth-order valence-corrected chi connectivity index (χ4v) is 5.98. The van der Waals surface area contributed by atoms with Crippen molar-refractivity contribution in [3.05, 3.63) is 119 Å². The van der Waals surface area contributed by atoms with Crippen LogP contribution in [0.2, 0.25) is 0 Å². The standard InChI is InChI=1S/C39H42N4O5/c1-25-9-11-34(26(2)17-25)39(47)48-33-19-29(20-33)22-41-37(45)32-8-6-7-28(18-32)23-43(27(3)24-44)38(46)35-12-10-31(21-36(35)42(4)5)30-13-15-40-16-14-30/h6-18,21,24,27,29,33H,19-20,22-23H2,1-5H3,(H,41,45)/t27-,29?,33?/m1/s1. The summed E-state index contributed by atoms with van der Waals surface area (Å²) in [6.45, 7) is 6.19. The third-order valence-corrected chi connectivity index (χ3v) is 8.83. The van der Waals surface area contributed by atoms with Gasteiger partial charge in [0.15, 0.2) is 0 Å². The number of nitrogens with zero attached hydrogens (tertiary/aromatic N) is 3. The molecule has 3 aromatic carbocycles. The van der Waals surface area contributed by atoms with Crippen molar-refractivity contribution in [3.63, 3.8) is 0 Å². The summed E-state index contributed by atoms with van der Waals surface area (Å²) in [7, 11) is 3.75. The Kier molecular flexibility index (Phi) is 10.7. The number of aromatic nitrogens is 1. The monoisotopic (exact) mass is 646 g/mol. The first-order chi connectivity index (χ1) is 23.0. The molecule has 1 fully saturated rings. The molecular formula is C39H42N4O5. The topological polar surface area (TPSA) is 109 Å². The second-order valence-electron chi connectivity index (χ2n) is 12.8. The SMILES string of the molecule is Cc1ccc(C(=O)OC2CC(CNC(=O)c3cccc(CN(C(=O)c4ccc(-c5ccncc5)cc4N(C)C)[C@H](C)C=O)c3)C2)c(C)c1. The summed E-state index contributed by atoms with van der Waals surface area (Å²) in [5, 5.41) is 3.00. The van der Waals surface area contributed by atoms with Gasteiger partial charge in [0, 0.05) is 50.8 Å². The number of nitrogens with one attached hydrogen (secondary N) is 1. The Morgan fingerprint density at radius 3 is 2.35 bits per heavy atom. The summed E-state index contributed by atoms with van der Waals surface area (Å²) in [5.41, 5.74) is 6.89. The molecule has 1 aliphatic carbocycles. The third kappa shape index (κ3) is 7.97. The van der Waals surface area contributed by atoms with Gasteiger partial charge in [-0.25, -0.2) is 4.79 Å². The molecule has 0 aliphatic heterocycles. The van der Waals surface area contributed by atoms with E-state index < -0.39 is 6.04 Å². The minimum absolute atomic E-state index is 0.148. The number of benzene rings is 3. The first-order valence-corrected chi connectivity index (χ1v) is 16.2. The van der Waals surface area contributed by atoms with E-state index in [9.17, 15) is 19.2 Å². The number of aryl methyl sites for hydroxylation is 2. The van der Waals surface area contributed by atoms with Crippen LogP contribution < -0.4 is 10.2 Å². The second-order valence-corrected chi connectivity index (χ2v) is 12.8. The maximum absolute atomic E-state index is 14.0. The predicted octanol–water partition coefficient (Wildman–Crippen LogP) is 6.03. The zero-order valence-corrected chi connectivity index (χ0v) is 28.1. The van der Waals surface area contributed by atoms with Crippen molar-refractivity contribution < 1.29 is 23.9 Å². The minimum atomic E-state index is -0.694. The van der Waals surface area contributed by atoms with E-state index in [1.807, 2.05) is 75.3 Å². The molecule has 4 aromatic rings. The molecule has 1 atom stereocenters. The molecule has 5 rings (SSSR count). The van der Waals surface area contributed by atoms with Gasteiger partial charge in [-0.1, -0.05) is 35.9 Å². The van der Waals surface area contributed by atoms with E-state index in [-0.39, 0.29) is 36.4 Å². The van der Waals surface area contributed by atoms with Crippen LogP contribution in [0.5, 0.6) is 0 Å². The average Bonchev–Trinajstić information content (AvgIpc) is 3.07. The molecule has 0 unspecified atom stereocenters. The molecule has 1 saturated carbocycles. The molecular weight excluding hydrogens is 604 g/mol. The number of anilines is 1. The predicted molar refractivity (Wildman–Crippen MR) is 186 cm³/mol. The Labute approximate surface area is 281 Å². The van der Waals surface area contributed by atoms with E-state index >= 15 is 0 Å². The van der Waals surface area contributed by atoms with Crippen molar-refractivity contribution in [1.82, 2.24) is 15.2 Å². The Morgan fingerprint density at radius 1 is 0.938 bits per heavy atom. The molecule has 0 bridgehead atoms. The van der Waals surface area contributed by atoms with Gasteiger partial charge < -0.3 is 24.6 Å². The highest BCUT2D eigenvalue weighted by Crippen LogP contribution is 2.31. The van der Waals surface area contributed by atoms with Crippen LogP contribution in [-0.2, 0) is 16.1 Å². The van der Waals surface area contributed by atoms with Gasteiger partial charge in [0.25, 0.3) is 11.8 Å². The zero-order valence-electron chi connectivity index (χ0n) is 28.1. The van der Waals surface area contributed by atoms with Gasteiger partial charge in [0.2, 0.25) is 0 Å². The molecule has 1 aliphatic rings. The summed E-state index contributed by atoms with van der Waals surface area (Å²) < 4.78 is 5.68. The maximum Gasteiger partial charge on any atom is 0.338 e. The van der Waals surface area contributed by atoms with Crippen molar-refractivity contribution >= 4 is 29.8 Å². The van der Waals surface area contributed by atoms with Gasteiger partial charge in [-0.2, -0.15) is 0 Å². The number of ether oxygens (including phenoxy) is 1. The largest absolute Gasteiger partial charge is 0.459 e. The molecule has 9 nitrogen and oxygen atoms in total. The Bertz CT molecular complexity index is 1800. The number of pyridine rings is 1. The number of amides is 2. The van der Waals surface area contributed by atoms with Crippen LogP contribution in [-0.4, -0.2) is 66.7 Å². The normalized spacial score (nSPS) is 15.9. The van der Waals surface area contributed by atoms with E-state index in [1.54, 1.807) is 49.6 Å². The molecule has 0 spiro atoms. The summed E-state index contributed by atoms with van der Waals surface area (Å²) in [6, 6.07) is 21.5. The van der Waals surface area contributed by atoms with Crippen LogP contribution in [0.3, 0.4) is 0 Å². The van der Waals surface area contributed by atoms with Crippen LogP contribution in [0.1, 0.15) is 67.5 Å². The lowest BCUT2D eigenvalue weighted by Crippen LogP contribution is -2.41. The Morgan fingerprint density at radius 2 is 1.67 bits per heavy atom. The number of carbonyl (C=O) groups is 4. The quantitative estimate of drug-likeness (QED) is 0.148. The fraction of sp³-hybridized carbons (Fsp3) is 0.308. The smallest absolute Gasteiger partial charge is 0.338 e. The van der Waals surface area contributed by atoms with Crippen LogP contribution in [0, 0.1) is 19.8 Å². The van der Waals surface area contributed by atoms with Gasteiger partial charge in [-0.05, 0) is 104 Å². The number of carbonyl (C=O) groups excluding carboxylic acids is 4. The summed E-state index contributed by atoms with van der Waals surface area (Å²) in [5.74, 6) is -0.609. The van der Waals surface area contributed by atoms with Crippen molar-refractivity contribution in [2.75, 3.05) is 25.5 Å². The minimum Gasteiger partial charge on any atom is -0.459 e. The lowest BCUT2D eigenvalue weighted by molar-refractivity contribution is -0.111. The summed E-state index contributed by atoms with van der Waals surface area (Å²) >= 11 is 0. The lowest BCUT2D eigenvalue weighted by atomic mass is 9.82. The molecule has 1 aromatic heterocycles. The van der Waals surface area contributed by atoms with Gasteiger partial charge in [-0.15, -0.1) is 0 Å². The van der Waals surface area contributed by atoms with E-state index in [0.717, 1.165) is 39.8 Å². The highest BCUT2D eigenvalue weighted by molar-refractivity contribution is 6.02. The fourth-order valence-electron chi connectivity index (χ4n) is 5.98. The molecule has 48 heavy (non-hydrogen) atoms. The molecule has 0 saturated heterocycles. The van der Waals surface area contributed by atoms with Gasteiger partial charge in [0.05, 0.1) is 17.2 Å². The summed E-state index contributed by atoms with van der Waals surface area (Å²) in [6.07, 6.45) is 5.42. The zero-order chi connectivity index (χ0) is 34.4. The molecule has 9 heteroatoms. The van der Waals surface area contributed by atoms with Crippen molar-refractivity contribution in [1.29, 1.82) is 0 Å². The first kappa shape index (κ1) is 34.0. The Balaban J connectivity index is 1.20. The molecule has 1 N–H and O–H groups in total. The van der Waals surface area contributed by atoms with Crippen LogP contribution in [0.25, 0.3) is 11.1 Å². The van der Waals surface area contributed by atoms with E-state index in [2.05, 4.69) is 10.3 Å². The first-order valence-electron chi connectivity index (χ1n) is 16.2. The van der Waals surface area contributed by atoms with E-state index in [0.29, 0.717) is 36.1 Å². The lowest BCUT2D eigenvalue weighted by Gasteiger charge is -2.34. The number of rotatable bonds is 12. The number of hydrogen-bond acceptors (Lipinski definition) is 7. The van der Waals surface area contributed by atoms with E-state index in [1.165, 1.54) is 4.90 Å². The van der Waals surface area contributed by atoms with Crippen molar-refractivity contribution in [3.8, 4) is 11.1 Å². The third-order valence-electron chi connectivity index (χ3n) is 8.83. The molecule has 0 radical (unpaired) electrons. The van der Waals surface area contributed by atoms with Crippen molar-refractivity contribution in [2.45, 2.75) is 52.3 Å². The average molecular weight is 647 g/mol. The van der Waals surface area contributed by atoms with Crippen LogP contribution in [0.15, 0.2) is 85.2 Å². The maximum atomic E-state index is 14.0. The molecule has 1 heterocycles. The highest BCUT2D eigenvalue weighted by Gasteiger charge is 2.33. The van der Waals surface area contributed by atoms with Crippen LogP contribution >= 0.6 is 0 Å². The molecule has 2 amide bonds. The number of hydrogen-bond donors (Lipinski definition) is 1. The van der Waals surface area contributed by atoms with Gasteiger partial charge in [0.1, 0.15) is 12.4 Å². The Hall–Kier alpha value is -5.31. The van der Waals surface area contributed by atoms with E-state index in [4.69, 9.17) is 4.74 Å². The number of esters is 1. The number of aldehydes is 1. The highest BCUT2D eigenvalue weighted by atomic mass is 16.5. The summed E-state index contributed by atoms with van der Waals surface area (Å²) in [4.78, 5) is 59.1. The van der Waals surface area contributed by atoms with Gasteiger partial charge in [-0.3, -0.25) is 14.6 Å². The van der Waals surface area contributed by atoms with Crippen LogP contribution in [0.4, 0.5) is 5.69 Å². The van der Waals surface area contributed by atoms with Crippen molar-refractivity contribution in [2.24, 2.45) is 5.92 Å². The molecule has 248 valence electrons.